The van der Waals surface area contributed by atoms with E-state index >= 15 is 0 Å². The van der Waals surface area contributed by atoms with Crippen molar-refractivity contribution < 1.29 is 14.6 Å². The van der Waals surface area contributed by atoms with Gasteiger partial charge in [-0.05, 0) is 19.8 Å². The maximum atomic E-state index is 11.6. The summed E-state index contributed by atoms with van der Waals surface area (Å²) in [6.45, 7) is 3.09. The van der Waals surface area contributed by atoms with E-state index in [4.69, 9.17) is 4.74 Å². The van der Waals surface area contributed by atoms with Crippen LogP contribution in [0.2, 0.25) is 0 Å². The van der Waals surface area contributed by atoms with E-state index in [2.05, 4.69) is 10.6 Å². The molecule has 15 heavy (non-hydrogen) atoms. The molecule has 1 rings (SSSR count). The zero-order valence-electron chi connectivity index (χ0n) is 9.32. The summed E-state index contributed by atoms with van der Waals surface area (Å²) in [7, 11) is 1.64. The van der Waals surface area contributed by atoms with Crippen LogP contribution in [0.3, 0.4) is 0 Å². The standard InChI is InChI=1S/C10H20N2O3/c1-7(3-4-15-2)12-10(14)9-5-8(13)6-11-9/h7-9,11,13H,3-6H2,1-2H3,(H,12,14). The van der Waals surface area contributed by atoms with Crippen LogP contribution < -0.4 is 10.6 Å². The van der Waals surface area contributed by atoms with Gasteiger partial charge in [-0.2, -0.15) is 0 Å². The molecule has 0 saturated carbocycles. The third-order valence-corrected chi connectivity index (χ3v) is 2.57. The molecule has 0 bridgehead atoms. The van der Waals surface area contributed by atoms with Gasteiger partial charge in [0, 0.05) is 26.3 Å². The number of amides is 1. The molecule has 1 saturated heterocycles. The predicted octanol–water partition coefficient (Wildman–Crippen LogP) is -0.750. The SMILES string of the molecule is COCCC(C)NC(=O)C1CC(O)CN1. The summed E-state index contributed by atoms with van der Waals surface area (Å²) in [4.78, 5) is 11.6. The lowest BCUT2D eigenvalue weighted by Crippen LogP contribution is -2.44. The smallest absolute Gasteiger partial charge is 0.237 e. The van der Waals surface area contributed by atoms with Crippen LogP contribution in [-0.4, -0.2) is 49.5 Å². The molecule has 0 aliphatic carbocycles. The van der Waals surface area contributed by atoms with E-state index in [1.807, 2.05) is 6.92 Å². The van der Waals surface area contributed by atoms with Crippen LogP contribution in [0.15, 0.2) is 0 Å². The Balaban J connectivity index is 2.23. The molecule has 3 N–H and O–H groups in total. The largest absolute Gasteiger partial charge is 0.392 e. The molecule has 5 nitrogen and oxygen atoms in total. The Labute approximate surface area is 90.2 Å². The van der Waals surface area contributed by atoms with Crippen molar-refractivity contribution in [2.45, 2.75) is 38.0 Å². The highest BCUT2D eigenvalue weighted by atomic mass is 16.5. The fraction of sp³-hybridized carbons (Fsp3) is 0.900. The monoisotopic (exact) mass is 216 g/mol. The van der Waals surface area contributed by atoms with E-state index in [0.717, 1.165) is 6.42 Å². The minimum atomic E-state index is -0.393. The molecule has 1 aliphatic heterocycles. The lowest BCUT2D eigenvalue weighted by molar-refractivity contribution is -0.123. The molecule has 0 spiro atoms. The highest BCUT2D eigenvalue weighted by molar-refractivity contribution is 5.82. The van der Waals surface area contributed by atoms with Crippen molar-refractivity contribution in [3.8, 4) is 0 Å². The Morgan fingerprint density at radius 2 is 2.47 bits per heavy atom. The van der Waals surface area contributed by atoms with Gasteiger partial charge in [-0.1, -0.05) is 0 Å². The van der Waals surface area contributed by atoms with Crippen LogP contribution in [0.4, 0.5) is 0 Å². The van der Waals surface area contributed by atoms with Crippen molar-refractivity contribution in [1.82, 2.24) is 10.6 Å². The third-order valence-electron chi connectivity index (χ3n) is 2.57. The van der Waals surface area contributed by atoms with Crippen LogP contribution in [0, 0.1) is 0 Å². The van der Waals surface area contributed by atoms with Gasteiger partial charge < -0.3 is 20.5 Å². The van der Waals surface area contributed by atoms with Gasteiger partial charge in [0.2, 0.25) is 5.91 Å². The molecule has 0 aromatic rings. The predicted molar refractivity (Wildman–Crippen MR) is 56.5 cm³/mol. The Morgan fingerprint density at radius 3 is 3.00 bits per heavy atom. The van der Waals surface area contributed by atoms with Gasteiger partial charge in [-0.15, -0.1) is 0 Å². The van der Waals surface area contributed by atoms with E-state index in [1.165, 1.54) is 0 Å². The summed E-state index contributed by atoms with van der Waals surface area (Å²) in [6.07, 6.45) is 0.912. The van der Waals surface area contributed by atoms with Crippen molar-refractivity contribution >= 4 is 5.91 Å². The number of rotatable bonds is 5. The zero-order valence-corrected chi connectivity index (χ0v) is 9.32. The van der Waals surface area contributed by atoms with Crippen molar-refractivity contribution in [2.75, 3.05) is 20.3 Å². The average molecular weight is 216 g/mol. The van der Waals surface area contributed by atoms with Gasteiger partial charge in [0.1, 0.15) is 0 Å². The summed E-state index contributed by atoms with van der Waals surface area (Å²) in [6, 6.07) is -0.137. The molecule has 3 unspecified atom stereocenters. The van der Waals surface area contributed by atoms with E-state index < -0.39 is 6.10 Å². The molecule has 3 atom stereocenters. The Hall–Kier alpha value is -0.650. The molecule has 0 aromatic carbocycles. The fourth-order valence-electron chi connectivity index (χ4n) is 1.63. The first-order valence-corrected chi connectivity index (χ1v) is 5.34. The highest BCUT2D eigenvalue weighted by Crippen LogP contribution is 2.06. The molecule has 0 radical (unpaired) electrons. The lowest BCUT2D eigenvalue weighted by Gasteiger charge is -2.16. The molecule has 0 aromatic heterocycles. The first-order chi connectivity index (χ1) is 7.13. The number of nitrogens with one attached hydrogen (secondary N) is 2. The summed E-state index contributed by atoms with van der Waals surface area (Å²) in [5, 5.41) is 15.1. The second-order valence-electron chi connectivity index (χ2n) is 4.04. The van der Waals surface area contributed by atoms with Gasteiger partial charge in [0.05, 0.1) is 12.1 Å². The number of carbonyl (C=O) groups excluding carboxylic acids is 1. The highest BCUT2D eigenvalue weighted by Gasteiger charge is 2.28. The second-order valence-corrected chi connectivity index (χ2v) is 4.04. The molecule has 1 amide bonds. The van der Waals surface area contributed by atoms with Crippen molar-refractivity contribution in [1.29, 1.82) is 0 Å². The van der Waals surface area contributed by atoms with E-state index in [9.17, 15) is 9.90 Å². The Morgan fingerprint density at radius 1 is 1.73 bits per heavy atom. The number of hydrogen-bond donors (Lipinski definition) is 3. The molecule has 1 aliphatic rings. The van der Waals surface area contributed by atoms with E-state index in [1.54, 1.807) is 7.11 Å². The summed E-state index contributed by atoms with van der Waals surface area (Å²) < 4.78 is 4.93. The number of carbonyl (C=O) groups is 1. The maximum Gasteiger partial charge on any atom is 0.237 e. The number of aliphatic hydroxyl groups excluding tert-OH is 1. The van der Waals surface area contributed by atoms with Crippen LogP contribution in [0.25, 0.3) is 0 Å². The van der Waals surface area contributed by atoms with Crippen molar-refractivity contribution in [3.05, 3.63) is 0 Å². The van der Waals surface area contributed by atoms with Gasteiger partial charge in [-0.25, -0.2) is 0 Å². The lowest BCUT2D eigenvalue weighted by atomic mass is 10.1. The molecule has 88 valence electrons. The zero-order chi connectivity index (χ0) is 11.3. The van der Waals surface area contributed by atoms with Crippen molar-refractivity contribution in [3.63, 3.8) is 0 Å². The average Bonchev–Trinajstić information content (AvgIpc) is 2.61. The first kappa shape index (κ1) is 12.4. The number of aliphatic hydroxyl groups is 1. The molecule has 1 fully saturated rings. The number of β-amino-alcohol motifs (C(OH)–C–C–N with tert-alkyl or cyclic N) is 1. The minimum Gasteiger partial charge on any atom is -0.392 e. The molecule has 1 heterocycles. The summed E-state index contributed by atoms with van der Waals surface area (Å²) in [5.74, 6) is -0.0323. The molecule has 5 heteroatoms. The van der Waals surface area contributed by atoms with Crippen LogP contribution in [0.5, 0.6) is 0 Å². The topological polar surface area (TPSA) is 70.6 Å². The maximum absolute atomic E-state index is 11.6. The van der Waals surface area contributed by atoms with Gasteiger partial charge >= 0.3 is 0 Å². The first-order valence-electron chi connectivity index (χ1n) is 5.34. The summed E-state index contributed by atoms with van der Waals surface area (Å²) in [5.41, 5.74) is 0. The van der Waals surface area contributed by atoms with Crippen LogP contribution >= 0.6 is 0 Å². The number of hydrogen-bond acceptors (Lipinski definition) is 4. The van der Waals surface area contributed by atoms with E-state index in [0.29, 0.717) is 19.6 Å². The number of ether oxygens (including phenoxy) is 1. The Kier molecular flexibility index (Phi) is 5.01. The van der Waals surface area contributed by atoms with Gasteiger partial charge in [0.15, 0.2) is 0 Å². The summed E-state index contributed by atoms with van der Waals surface area (Å²) >= 11 is 0. The second kappa shape index (κ2) is 6.05. The number of methoxy groups -OCH3 is 1. The van der Waals surface area contributed by atoms with Crippen LogP contribution in [0.1, 0.15) is 19.8 Å². The molecular formula is C10H20N2O3. The van der Waals surface area contributed by atoms with Crippen molar-refractivity contribution in [2.24, 2.45) is 0 Å². The van der Waals surface area contributed by atoms with Gasteiger partial charge in [-0.3, -0.25) is 4.79 Å². The minimum absolute atomic E-state index is 0.0323. The quantitative estimate of drug-likeness (QED) is 0.565. The molecular weight excluding hydrogens is 196 g/mol. The van der Waals surface area contributed by atoms with E-state index in [-0.39, 0.29) is 18.0 Å². The fourth-order valence-corrected chi connectivity index (χ4v) is 1.63. The Bertz CT molecular complexity index is 211. The van der Waals surface area contributed by atoms with Crippen LogP contribution in [-0.2, 0) is 9.53 Å². The normalized spacial score (nSPS) is 27.7. The third kappa shape index (κ3) is 4.15. The van der Waals surface area contributed by atoms with Gasteiger partial charge in [0.25, 0.3) is 0 Å².